The molecule has 3 N–H and O–H groups in total. The first-order valence-electron chi connectivity index (χ1n) is 12.5. The van der Waals surface area contributed by atoms with E-state index in [1.807, 2.05) is 54.6 Å². The maximum atomic E-state index is 15.6. The Morgan fingerprint density at radius 3 is 2.58 bits per heavy atom. The number of halogens is 1. The van der Waals surface area contributed by atoms with Crippen LogP contribution in [0.2, 0.25) is 0 Å². The van der Waals surface area contributed by atoms with Gasteiger partial charge in [-0.25, -0.2) is 14.4 Å². The third-order valence-electron chi connectivity index (χ3n) is 7.07. The van der Waals surface area contributed by atoms with E-state index >= 15 is 4.39 Å². The number of rotatable bonds is 6. The second kappa shape index (κ2) is 9.94. The summed E-state index contributed by atoms with van der Waals surface area (Å²) in [6, 6.07) is 20.2. The Hall–Kier alpha value is -4.18. The molecule has 5 aromatic rings. The van der Waals surface area contributed by atoms with Crippen molar-refractivity contribution in [1.82, 2.24) is 24.0 Å². The summed E-state index contributed by atoms with van der Waals surface area (Å²) in [6.45, 7) is 2.50. The molecule has 8 nitrogen and oxygen atoms in total. The van der Waals surface area contributed by atoms with Gasteiger partial charge in [-0.3, -0.25) is 18.8 Å². The normalized spacial score (nSPS) is 15.9. The summed E-state index contributed by atoms with van der Waals surface area (Å²) in [5, 5.41) is 9.88. The number of aromatic nitrogens is 4. The smallest absolute Gasteiger partial charge is 0.284 e. The van der Waals surface area contributed by atoms with Crippen LogP contribution in [0.15, 0.2) is 84.2 Å². The topological polar surface area (TPSA) is 102 Å². The van der Waals surface area contributed by atoms with Crippen LogP contribution in [-0.4, -0.2) is 48.3 Å². The third-order valence-corrected chi connectivity index (χ3v) is 7.07. The molecule has 0 radical (unpaired) electrons. The van der Waals surface area contributed by atoms with Crippen molar-refractivity contribution < 1.29 is 9.50 Å². The molecule has 192 valence electrons. The van der Waals surface area contributed by atoms with Crippen LogP contribution in [0, 0.1) is 5.82 Å². The molecule has 1 aliphatic heterocycles. The second-order valence-corrected chi connectivity index (χ2v) is 9.58. The molecule has 6 rings (SSSR count). The predicted octanol–water partition coefficient (Wildman–Crippen LogP) is 3.40. The SMILES string of the molecule is NCc1cccc(-n2cnc3ncn(-c4ccc(-c5ccccc5CN5CC[C@H](O)C5)cc4F)c(=O)c32)c1. The van der Waals surface area contributed by atoms with Crippen LogP contribution in [0.1, 0.15) is 17.5 Å². The zero-order valence-electron chi connectivity index (χ0n) is 20.7. The van der Waals surface area contributed by atoms with Crippen molar-refractivity contribution in [2.75, 3.05) is 13.1 Å². The number of nitrogens with zero attached hydrogens (tertiary/aromatic N) is 5. The monoisotopic (exact) mass is 510 g/mol. The van der Waals surface area contributed by atoms with Crippen molar-refractivity contribution in [3.05, 3.63) is 107 Å². The zero-order chi connectivity index (χ0) is 26.2. The highest BCUT2D eigenvalue weighted by molar-refractivity contribution is 5.73. The van der Waals surface area contributed by atoms with Crippen LogP contribution in [0.5, 0.6) is 0 Å². The van der Waals surface area contributed by atoms with Gasteiger partial charge in [-0.05, 0) is 52.9 Å². The largest absolute Gasteiger partial charge is 0.392 e. The molecule has 1 fully saturated rings. The van der Waals surface area contributed by atoms with Crippen molar-refractivity contribution in [3.8, 4) is 22.5 Å². The van der Waals surface area contributed by atoms with Gasteiger partial charge in [0.1, 0.15) is 18.5 Å². The number of aliphatic hydroxyl groups is 1. The number of β-amino-alcohol motifs (C(OH)–C–C–N with tert-alkyl or cyclic N) is 1. The summed E-state index contributed by atoms with van der Waals surface area (Å²) in [4.78, 5) is 24.4. The fraction of sp³-hybridized carbons (Fsp3) is 0.207. The van der Waals surface area contributed by atoms with E-state index < -0.39 is 11.4 Å². The molecule has 0 bridgehead atoms. The van der Waals surface area contributed by atoms with Gasteiger partial charge >= 0.3 is 0 Å². The number of imidazole rings is 1. The molecule has 0 aliphatic carbocycles. The maximum Gasteiger partial charge on any atom is 0.284 e. The first-order chi connectivity index (χ1) is 18.5. The molecule has 0 unspecified atom stereocenters. The highest BCUT2D eigenvalue weighted by atomic mass is 19.1. The van der Waals surface area contributed by atoms with E-state index in [9.17, 15) is 9.90 Å². The van der Waals surface area contributed by atoms with Gasteiger partial charge < -0.3 is 10.8 Å². The summed E-state index contributed by atoms with van der Waals surface area (Å²) in [6.07, 6.45) is 3.30. The first-order valence-corrected chi connectivity index (χ1v) is 12.5. The van der Waals surface area contributed by atoms with Crippen molar-refractivity contribution in [2.24, 2.45) is 5.73 Å². The Bertz CT molecular complexity index is 1690. The molecule has 0 amide bonds. The van der Waals surface area contributed by atoms with E-state index in [-0.39, 0.29) is 23.0 Å². The fourth-order valence-corrected chi connectivity index (χ4v) is 5.12. The lowest BCUT2D eigenvalue weighted by molar-refractivity contribution is 0.175. The minimum Gasteiger partial charge on any atom is -0.392 e. The van der Waals surface area contributed by atoms with Gasteiger partial charge in [0.2, 0.25) is 0 Å². The summed E-state index contributed by atoms with van der Waals surface area (Å²) < 4.78 is 18.4. The molecule has 3 heterocycles. The molecular weight excluding hydrogens is 483 g/mol. The standard InChI is InChI=1S/C29H27FN6O2/c30-25-13-20(24-7-2-1-5-21(24)15-34-11-10-23(37)16-34)8-9-26(25)36-18-33-28-27(29(36)38)35(17-32-28)22-6-3-4-19(12-22)14-31/h1-9,12-13,17-18,23,37H,10-11,14-16,31H2/t23-/m0/s1. The average molecular weight is 511 g/mol. The molecule has 1 atom stereocenters. The van der Waals surface area contributed by atoms with E-state index in [0.717, 1.165) is 35.3 Å². The van der Waals surface area contributed by atoms with Crippen LogP contribution in [0.3, 0.4) is 0 Å². The van der Waals surface area contributed by atoms with Crippen LogP contribution in [0.25, 0.3) is 33.7 Å². The van der Waals surface area contributed by atoms with E-state index in [1.165, 1.54) is 23.3 Å². The van der Waals surface area contributed by atoms with Crippen molar-refractivity contribution in [2.45, 2.75) is 25.6 Å². The molecule has 1 aliphatic rings. The minimum atomic E-state index is -0.534. The van der Waals surface area contributed by atoms with E-state index in [1.54, 1.807) is 10.6 Å². The molecule has 0 spiro atoms. The van der Waals surface area contributed by atoms with Crippen LogP contribution < -0.4 is 11.3 Å². The van der Waals surface area contributed by atoms with E-state index in [2.05, 4.69) is 14.9 Å². The Kier molecular flexibility index (Phi) is 6.32. The van der Waals surface area contributed by atoms with E-state index in [4.69, 9.17) is 5.73 Å². The van der Waals surface area contributed by atoms with Gasteiger partial charge in [0.25, 0.3) is 5.56 Å². The molecule has 1 saturated heterocycles. The van der Waals surface area contributed by atoms with Crippen LogP contribution >= 0.6 is 0 Å². The van der Waals surface area contributed by atoms with Gasteiger partial charge in [0.15, 0.2) is 11.2 Å². The Morgan fingerprint density at radius 2 is 1.82 bits per heavy atom. The molecule has 0 saturated carbocycles. The highest BCUT2D eigenvalue weighted by Crippen LogP contribution is 2.28. The maximum absolute atomic E-state index is 15.6. The lowest BCUT2D eigenvalue weighted by Gasteiger charge is -2.18. The van der Waals surface area contributed by atoms with Gasteiger partial charge in [-0.2, -0.15) is 0 Å². The van der Waals surface area contributed by atoms with Gasteiger partial charge in [0.05, 0.1) is 11.8 Å². The Morgan fingerprint density at radius 1 is 1.00 bits per heavy atom. The number of benzene rings is 3. The fourth-order valence-electron chi connectivity index (χ4n) is 5.12. The summed E-state index contributed by atoms with van der Waals surface area (Å²) in [5.74, 6) is -0.534. The number of likely N-dealkylation sites (tertiary alicyclic amines) is 1. The predicted molar refractivity (Wildman–Crippen MR) is 144 cm³/mol. The lowest BCUT2D eigenvalue weighted by Crippen LogP contribution is -2.22. The zero-order valence-corrected chi connectivity index (χ0v) is 20.7. The van der Waals surface area contributed by atoms with Crippen molar-refractivity contribution in [1.29, 1.82) is 0 Å². The number of hydrogen-bond donors (Lipinski definition) is 2. The van der Waals surface area contributed by atoms with Crippen molar-refractivity contribution in [3.63, 3.8) is 0 Å². The quantitative estimate of drug-likeness (QED) is 0.363. The van der Waals surface area contributed by atoms with Crippen molar-refractivity contribution >= 4 is 11.2 Å². The molecule has 9 heteroatoms. The summed E-state index contributed by atoms with van der Waals surface area (Å²) in [7, 11) is 0. The van der Waals surface area contributed by atoms with Gasteiger partial charge in [0, 0.05) is 31.9 Å². The summed E-state index contributed by atoms with van der Waals surface area (Å²) >= 11 is 0. The van der Waals surface area contributed by atoms with E-state index in [0.29, 0.717) is 25.2 Å². The molecule has 3 aromatic carbocycles. The summed E-state index contributed by atoms with van der Waals surface area (Å²) in [5.41, 5.74) is 10.3. The van der Waals surface area contributed by atoms with Gasteiger partial charge in [-0.15, -0.1) is 0 Å². The number of fused-ring (bicyclic) bond motifs is 1. The highest BCUT2D eigenvalue weighted by Gasteiger charge is 2.21. The molecule has 38 heavy (non-hydrogen) atoms. The number of nitrogens with two attached hydrogens (primary N) is 1. The second-order valence-electron chi connectivity index (χ2n) is 9.58. The molecular formula is C29H27FN6O2. The first kappa shape index (κ1) is 24.2. The Balaban J connectivity index is 1.38. The Labute approximate surface area is 218 Å². The third kappa shape index (κ3) is 4.41. The number of hydrogen-bond acceptors (Lipinski definition) is 6. The van der Waals surface area contributed by atoms with Gasteiger partial charge in [-0.1, -0.05) is 42.5 Å². The molecule has 2 aromatic heterocycles. The van der Waals surface area contributed by atoms with Crippen LogP contribution in [0.4, 0.5) is 4.39 Å². The van der Waals surface area contributed by atoms with Crippen LogP contribution in [-0.2, 0) is 13.1 Å². The average Bonchev–Trinajstić information content (AvgIpc) is 3.56. The number of aliphatic hydroxyl groups excluding tert-OH is 1. The lowest BCUT2D eigenvalue weighted by atomic mass is 9.99. The minimum absolute atomic E-state index is 0.108.